The Hall–Kier alpha value is -0.650. The fourth-order valence-corrected chi connectivity index (χ4v) is 1.30. The highest BCUT2D eigenvalue weighted by Crippen LogP contribution is 2.11. The summed E-state index contributed by atoms with van der Waals surface area (Å²) in [6.45, 7) is 2.64. The fraction of sp³-hybridized carbons (Fsp3) is 0.833. The number of hydrazine groups is 1. The second kappa shape index (κ2) is 2.77. The fourth-order valence-electron chi connectivity index (χ4n) is 1.30. The predicted octanol–water partition coefficient (Wildman–Crippen LogP) is -1.69. The molecule has 0 aromatic rings. The van der Waals surface area contributed by atoms with Gasteiger partial charge in [-0.15, -0.1) is 0 Å². The maximum absolute atomic E-state index is 11.2. The lowest BCUT2D eigenvalue weighted by Crippen LogP contribution is -2.48. The molecule has 1 amide bonds. The molecule has 0 aromatic carbocycles. The molecule has 5 nitrogen and oxygen atoms in total. The van der Waals surface area contributed by atoms with Gasteiger partial charge >= 0.3 is 0 Å². The van der Waals surface area contributed by atoms with E-state index in [1.165, 1.54) is 5.01 Å². The van der Waals surface area contributed by atoms with Crippen molar-refractivity contribution in [3.8, 4) is 0 Å². The van der Waals surface area contributed by atoms with Gasteiger partial charge in [0.05, 0.1) is 0 Å². The number of amides is 1. The van der Waals surface area contributed by atoms with Crippen LogP contribution in [-0.2, 0) is 4.79 Å². The van der Waals surface area contributed by atoms with Crippen LogP contribution in [-0.4, -0.2) is 41.7 Å². The van der Waals surface area contributed by atoms with Gasteiger partial charge in [-0.3, -0.25) is 9.80 Å². The molecule has 1 saturated heterocycles. The van der Waals surface area contributed by atoms with Crippen LogP contribution in [0.25, 0.3) is 0 Å². The summed E-state index contributed by atoms with van der Waals surface area (Å²) in [7, 11) is 1.68. The normalized spacial score (nSPS) is 33.5. The van der Waals surface area contributed by atoms with Gasteiger partial charge in [0.25, 0.3) is 5.91 Å². The van der Waals surface area contributed by atoms with E-state index in [4.69, 9.17) is 11.5 Å². The highest BCUT2D eigenvalue weighted by Gasteiger charge is 2.39. The summed E-state index contributed by atoms with van der Waals surface area (Å²) >= 11 is 0. The van der Waals surface area contributed by atoms with Crippen molar-refractivity contribution in [1.82, 2.24) is 10.0 Å². The molecule has 0 radical (unpaired) electrons. The first-order valence-electron chi connectivity index (χ1n) is 3.65. The van der Waals surface area contributed by atoms with Gasteiger partial charge in [0.1, 0.15) is 12.2 Å². The molecule has 5 heteroatoms. The van der Waals surface area contributed by atoms with Crippen molar-refractivity contribution >= 4 is 5.91 Å². The maximum Gasteiger partial charge on any atom is 0.256 e. The van der Waals surface area contributed by atoms with E-state index in [0.29, 0.717) is 6.54 Å². The molecular formula is C6H14N4O. The third-order valence-electron chi connectivity index (χ3n) is 2.03. The molecule has 1 rings (SSSR count). The molecule has 0 bridgehead atoms. The highest BCUT2D eigenvalue weighted by molar-refractivity contribution is 5.83. The minimum Gasteiger partial charge on any atom is -0.317 e. The summed E-state index contributed by atoms with van der Waals surface area (Å²) in [5.41, 5.74) is 11.2. The lowest BCUT2D eigenvalue weighted by Gasteiger charge is -2.25. The second-order valence-corrected chi connectivity index (χ2v) is 2.63. The van der Waals surface area contributed by atoms with Crippen molar-refractivity contribution in [3.05, 3.63) is 0 Å². The molecule has 1 heterocycles. The van der Waals surface area contributed by atoms with Crippen LogP contribution in [0.3, 0.4) is 0 Å². The third-order valence-corrected chi connectivity index (χ3v) is 2.03. The number of rotatable bonds is 1. The summed E-state index contributed by atoms with van der Waals surface area (Å²) in [5, 5.41) is 3.22. The Labute approximate surface area is 65.9 Å². The van der Waals surface area contributed by atoms with Crippen LogP contribution < -0.4 is 11.5 Å². The summed E-state index contributed by atoms with van der Waals surface area (Å²) < 4.78 is 0. The molecular weight excluding hydrogens is 144 g/mol. The summed E-state index contributed by atoms with van der Waals surface area (Å²) in [6, 6.07) is -0.569. The first kappa shape index (κ1) is 8.45. The molecule has 0 saturated carbocycles. The van der Waals surface area contributed by atoms with Crippen LogP contribution in [0.4, 0.5) is 0 Å². The Morgan fingerprint density at radius 2 is 2.09 bits per heavy atom. The van der Waals surface area contributed by atoms with Gasteiger partial charge in [-0.1, -0.05) is 6.92 Å². The SMILES string of the molecule is CCN1C(N)C(N)C(=O)N1C. The maximum atomic E-state index is 11.2. The zero-order chi connectivity index (χ0) is 8.59. The van der Waals surface area contributed by atoms with Gasteiger partial charge in [-0.2, -0.15) is 0 Å². The first-order valence-corrected chi connectivity index (χ1v) is 3.65. The summed E-state index contributed by atoms with van der Waals surface area (Å²) in [5.74, 6) is -0.112. The van der Waals surface area contributed by atoms with Gasteiger partial charge in [-0.25, -0.2) is 5.01 Å². The third kappa shape index (κ3) is 1.11. The van der Waals surface area contributed by atoms with E-state index in [9.17, 15) is 4.79 Å². The van der Waals surface area contributed by atoms with Crippen LogP contribution in [0, 0.1) is 0 Å². The van der Waals surface area contributed by atoms with Crippen molar-refractivity contribution in [3.63, 3.8) is 0 Å². The molecule has 0 aromatic heterocycles. The van der Waals surface area contributed by atoms with E-state index in [0.717, 1.165) is 0 Å². The van der Waals surface area contributed by atoms with Crippen LogP contribution in [0.2, 0.25) is 0 Å². The molecule has 0 aliphatic carbocycles. The molecule has 0 spiro atoms. The van der Waals surface area contributed by atoms with Crippen molar-refractivity contribution in [2.45, 2.75) is 19.1 Å². The lowest BCUT2D eigenvalue weighted by molar-refractivity contribution is -0.136. The standard InChI is InChI=1S/C6H14N4O/c1-3-10-5(8)4(7)6(11)9(10)2/h4-5H,3,7-8H2,1-2H3. The zero-order valence-electron chi connectivity index (χ0n) is 6.82. The van der Waals surface area contributed by atoms with Crippen LogP contribution in [0.1, 0.15) is 6.92 Å². The summed E-state index contributed by atoms with van der Waals surface area (Å²) in [4.78, 5) is 11.2. The molecule has 1 aliphatic heterocycles. The van der Waals surface area contributed by atoms with Crippen LogP contribution >= 0.6 is 0 Å². The van der Waals surface area contributed by atoms with Crippen molar-refractivity contribution in [2.75, 3.05) is 13.6 Å². The molecule has 64 valence electrons. The largest absolute Gasteiger partial charge is 0.317 e. The minimum atomic E-state index is -0.569. The Balaban J connectivity index is 2.77. The molecule has 4 N–H and O–H groups in total. The van der Waals surface area contributed by atoms with Crippen molar-refractivity contribution < 1.29 is 4.79 Å². The molecule has 1 fully saturated rings. The highest BCUT2D eigenvalue weighted by atomic mass is 16.2. The zero-order valence-corrected chi connectivity index (χ0v) is 6.82. The number of hydrogen-bond donors (Lipinski definition) is 2. The van der Waals surface area contributed by atoms with E-state index < -0.39 is 6.04 Å². The van der Waals surface area contributed by atoms with Crippen LogP contribution in [0.5, 0.6) is 0 Å². The Kier molecular flexibility index (Phi) is 2.12. The number of nitrogens with two attached hydrogens (primary N) is 2. The van der Waals surface area contributed by atoms with Gasteiger partial charge in [0.2, 0.25) is 0 Å². The first-order chi connectivity index (χ1) is 5.09. The molecule has 2 unspecified atom stereocenters. The van der Waals surface area contributed by atoms with Gasteiger partial charge in [0, 0.05) is 13.6 Å². The second-order valence-electron chi connectivity index (χ2n) is 2.63. The number of hydrogen-bond acceptors (Lipinski definition) is 4. The Morgan fingerprint density at radius 1 is 1.55 bits per heavy atom. The molecule has 2 atom stereocenters. The van der Waals surface area contributed by atoms with E-state index in [2.05, 4.69) is 0 Å². The number of likely N-dealkylation sites (N-methyl/N-ethyl adjacent to an activating group) is 2. The van der Waals surface area contributed by atoms with Gasteiger partial charge in [-0.05, 0) is 0 Å². The quantitative estimate of drug-likeness (QED) is 0.477. The summed E-state index contributed by atoms with van der Waals surface area (Å²) in [6.07, 6.45) is -0.363. The van der Waals surface area contributed by atoms with E-state index in [1.54, 1.807) is 12.1 Å². The number of carbonyl (C=O) groups is 1. The van der Waals surface area contributed by atoms with E-state index >= 15 is 0 Å². The molecule has 1 aliphatic rings. The smallest absolute Gasteiger partial charge is 0.256 e. The average molecular weight is 158 g/mol. The monoisotopic (exact) mass is 158 g/mol. The van der Waals surface area contributed by atoms with Crippen molar-refractivity contribution in [2.24, 2.45) is 11.5 Å². The van der Waals surface area contributed by atoms with E-state index in [-0.39, 0.29) is 12.1 Å². The van der Waals surface area contributed by atoms with Crippen molar-refractivity contribution in [1.29, 1.82) is 0 Å². The molecule has 11 heavy (non-hydrogen) atoms. The average Bonchev–Trinajstić information content (AvgIpc) is 2.17. The Morgan fingerprint density at radius 3 is 2.27 bits per heavy atom. The van der Waals surface area contributed by atoms with Gasteiger partial charge < -0.3 is 11.5 Å². The van der Waals surface area contributed by atoms with Gasteiger partial charge in [0.15, 0.2) is 0 Å². The Bertz CT molecular complexity index is 172. The topological polar surface area (TPSA) is 75.6 Å². The minimum absolute atomic E-state index is 0.112. The lowest BCUT2D eigenvalue weighted by atomic mass is 10.2. The van der Waals surface area contributed by atoms with Crippen LogP contribution in [0.15, 0.2) is 0 Å². The number of carbonyl (C=O) groups excluding carboxylic acids is 1. The predicted molar refractivity (Wildman–Crippen MR) is 41.1 cm³/mol. The number of nitrogens with zero attached hydrogens (tertiary/aromatic N) is 2. The van der Waals surface area contributed by atoms with E-state index in [1.807, 2.05) is 6.92 Å².